The number of esters is 1. The van der Waals surface area contributed by atoms with E-state index in [1.165, 1.54) is 12.1 Å². The van der Waals surface area contributed by atoms with Crippen molar-refractivity contribution in [1.82, 2.24) is 0 Å². The average molecular weight is 376 g/mol. The molecule has 1 aliphatic heterocycles. The number of Topliss-reactive ketones (excluding diaryl/α,β-unsaturated/α-hetero) is 1. The Labute approximate surface area is 154 Å². The number of nitrogens with zero attached hydrogens (tertiary/aromatic N) is 1. The summed E-state index contributed by atoms with van der Waals surface area (Å²) in [5.41, 5.74) is 0.651. The van der Waals surface area contributed by atoms with Gasteiger partial charge in [-0.25, -0.2) is 9.18 Å². The fraction of sp³-hybridized carbons (Fsp3) is 0.211. The van der Waals surface area contributed by atoms with Crippen LogP contribution in [-0.4, -0.2) is 30.8 Å². The summed E-state index contributed by atoms with van der Waals surface area (Å²) in [6.45, 7) is 0.0829. The lowest BCUT2D eigenvalue weighted by Gasteiger charge is -2.16. The third-order valence-corrected chi connectivity index (χ3v) is 4.27. The number of ketones is 1. The van der Waals surface area contributed by atoms with E-state index in [-0.39, 0.29) is 16.5 Å². The molecule has 0 aromatic heterocycles. The predicted octanol–water partition coefficient (Wildman–Crippen LogP) is 3.65. The molecular formula is C19H15ClFNO4. The molecule has 0 radical (unpaired) electrons. The highest BCUT2D eigenvalue weighted by Crippen LogP contribution is 2.22. The lowest BCUT2D eigenvalue weighted by atomic mass is 10.1. The number of ether oxygens (including phenoxy) is 1. The quantitative estimate of drug-likeness (QED) is 0.591. The standard InChI is InChI=1S/C19H15ClFNO4/c20-13-6-7-15(16(21)10-13)19(25)26-11-17(23)12-3-1-4-14(9-12)22-8-2-5-18(22)24/h1,3-4,6-7,9-10H,2,5,8,11H2. The van der Waals surface area contributed by atoms with Crippen molar-refractivity contribution in [2.75, 3.05) is 18.1 Å². The molecule has 0 unspecified atom stereocenters. The highest BCUT2D eigenvalue weighted by atomic mass is 35.5. The SMILES string of the molecule is O=C(COC(=O)c1ccc(Cl)cc1F)c1cccc(N2CCCC2=O)c1. The van der Waals surface area contributed by atoms with Crippen molar-refractivity contribution in [2.45, 2.75) is 12.8 Å². The third-order valence-electron chi connectivity index (χ3n) is 4.04. The molecule has 134 valence electrons. The van der Waals surface area contributed by atoms with Crippen LogP contribution < -0.4 is 4.90 Å². The van der Waals surface area contributed by atoms with Crippen LogP contribution in [0.1, 0.15) is 33.6 Å². The molecule has 1 aliphatic rings. The van der Waals surface area contributed by atoms with E-state index in [1.807, 2.05) is 0 Å². The molecule has 0 N–H and O–H groups in total. The first-order valence-electron chi connectivity index (χ1n) is 8.01. The minimum atomic E-state index is -0.946. The van der Waals surface area contributed by atoms with E-state index in [1.54, 1.807) is 29.2 Å². The van der Waals surface area contributed by atoms with Crippen molar-refractivity contribution < 1.29 is 23.5 Å². The summed E-state index contributed by atoms with van der Waals surface area (Å²) in [4.78, 5) is 37.6. The van der Waals surface area contributed by atoms with Crippen molar-refractivity contribution in [3.8, 4) is 0 Å². The highest BCUT2D eigenvalue weighted by Gasteiger charge is 2.22. The van der Waals surface area contributed by atoms with Crippen molar-refractivity contribution in [3.63, 3.8) is 0 Å². The molecule has 2 aromatic rings. The summed E-state index contributed by atoms with van der Waals surface area (Å²) in [6, 6.07) is 10.1. The predicted molar refractivity (Wildman–Crippen MR) is 94.1 cm³/mol. The van der Waals surface area contributed by atoms with Gasteiger partial charge in [-0.15, -0.1) is 0 Å². The second-order valence-corrected chi connectivity index (χ2v) is 6.26. The third kappa shape index (κ3) is 3.91. The van der Waals surface area contributed by atoms with Gasteiger partial charge in [0, 0.05) is 29.2 Å². The molecule has 0 atom stereocenters. The molecule has 1 heterocycles. The van der Waals surface area contributed by atoms with Crippen molar-refractivity contribution in [3.05, 3.63) is 64.4 Å². The van der Waals surface area contributed by atoms with Crippen LogP contribution in [0.4, 0.5) is 10.1 Å². The van der Waals surface area contributed by atoms with Gasteiger partial charge in [-0.1, -0.05) is 23.7 Å². The van der Waals surface area contributed by atoms with Crippen LogP contribution in [0.2, 0.25) is 5.02 Å². The summed E-state index contributed by atoms with van der Waals surface area (Å²) in [6.07, 6.45) is 1.27. The molecular weight excluding hydrogens is 361 g/mol. The van der Waals surface area contributed by atoms with Crippen molar-refractivity contribution in [2.24, 2.45) is 0 Å². The monoisotopic (exact) mass is 375 g/mol. The van der Waals surface area contributed by atoms with Crippen LogP contribution in [0.5, 0.6) is 0 Å². The van der Waals surface area contributed by atoms with E-state index in [2.05, 4.69) is 0 Å². The van der Waals surface area contributed by atoms with Gasteiger partial charge in [-0.05, 0) is 36.8 Å². The summed E-state index contributed by atoms with van der Waals surface area (Å²) >= 11 is 5.63. The van der Waals surface area contributed by atoms with Crippen molar-refractivity contribution >= 4 is 34.9 Å². The molecule has 5 nitrogen and oxygen atoms in total. The zero-order valence-corrected chi connectivity index (χ0v) is 14.5. The van der Waals surface area contributed by atoms with Gasteiger partial charge in [0.05, 0.1) is 5.56 Å². The zero-order chi connectivity index (χ0) is 18.7. The van der Waals surface area contributed by atoms with E-state index in [0.29, 0.717) is 24.2 Å². The topological polar surface area (TPSA) is 63.7 Å². The van der Waals surface area contributed by atoms with Crippen LogP contribution in [0, 0.1) is 5.82 Å². The maximum absolute atomic E-state index is 13.7. The maximum Gasteiger partial charge on any atom is 0.341 e. The molecule has 7 heteroatoms. The van der Waals surface area contributed by atoms with Gasteiger partial charge in [-0.3, -0.25) is 9.59 Å². The molecule has 0 aliphatic carbocycles. The maximum atomic E-state index is 13.7. The lowest BCUT2D eigenvalue weighted by molar-refractivity contribution is -0.117. The number of anilines is 1. The molecule has 1 amide bonds. The molecule has 1 saturated heterocycles. The smallest absolute Gasteiger partial charge is 0.341 e. The van der Waals surface area contributed by atoms with Crippen LogP contribution >= 0.6 is 11.6 Å². The Bertz CT molecular complexity index is 884. The molecule has 2 aromatic carbocycles. The van der Waals surface area contributed by atoms with Gasteiger partial charge in [0.1, 0.15) is 5.82 Å². The Balaban J connectivity index is 1.66. The van der Waals surface area contributed by atoms with Gasteiger partial charge >= 0.3 is 5.97 Å². The molecule has 1 fully saturated rings. The van der Waals surface area contributed by atoms with Crippen LogP contribution in [-0.2, 0) is 9.53 Å². The van der Waals surface area contributed by atoms with E-state index < -0.39 is 24.2 Å². The van der Waals surface area contributed by atoms with E-state index in [4.69, 9.17) is 16.3 Å². The molecule has 0 saturated carbocycles. The number of rotatable bonds is 5. The number of amides is 1. The minimum absolute atomic E-state index is 0.0132. The summed E-state index contributed by atoms with van der Waals surface area (Å²) in [5, 5.41) is 0.156. The Morgan fingerprint density at radius 2 is 2.00 bits per heavy atom. The van der Waals surface area contributed by atoms with Gasteiger partial charge in [0.15, 0.2) is 12.4 Å². The van der Waals surface area contributed by atoms with E-state index in [0.717, 1.165) is 12.5 Å². The number of hydrogen-bond donors (Lipinski definition) is 0. The van der Waals surface area contributed by atoms with Gasteiger partial charge < -0.3 is 9.64 Å². The van der Waals surface area contributed by atoms with Gasteiger partial charge in [-0.2, -0.15) is 0 Å². The largest absolute Gasteiger partial charge is 0.454 e. The Hall–Kier alpha value is -2.73. The lowest BCUT2D eigenvalue weighted by Crippen LogP contribution is -2.24. The Morgan fingerprint density at radius 1 is 1.19 bits per heavy atom. The second-order valence-electron chi connectivity index (χ2n) is 5.82. The van der Waals surface area contributed by atoms with E-state index in [9.17, 15) is 18.8 Å². The fourth-order valence-corrected chi connectivity index (χ4v) is 2.87. The minimum Gasteiger partial charge on any atom is -0.454 e. The summed E-state index contributed by atoms with van der Waals surface area (Å²) in [7, 11) is 0. The molecule has 3 rings (SSSR count). The normalized spacial score (nSPS) is 13.8. The van der Waals surface area contributed by atoms with E-state index >= 15 is 0 Å². The Morgan fingerprint density at radius 3 is 2.69 bits per heavy atom. The first-order chi connectivity index (χ1) is 12.5. The first-order valence-corrected chi connectivity index (χ1v) is 8.39. The zero-order valence-electron chi connectivity index (χ0n) is 13.7. The molecule has 0 bridgehead atoms. The number of carbonyl (C=O) groups excluding carboxylic acids is 3. The van der Waals surface area contributed by atoms with Gasteiger partial charge in [0.2, 0.25) is 5.91 Å². The second kappa shape index (κ2) is 7.66. The first kappa shape index (κ1) is 18.1. The van der Waals surface area contributed by atoms with Crippen LogP contribution in [0.3, 0.4) is 0 Å². The number of carbonyl (C=O) groups is 3. The fourth-order valence-electron chi connectivity index (χ4n) is 2.72. The highest BCUT2D eigenvalue weighted by molar-refractivity contribution is 6.30. The molecule has 26 heavy (non-hydrogen) atoms. The molecule has 0 spiro atoms. The van der Waals surface area contributed by atoms with Crippen molar-refractivity contribution in [1.29, 1.82) is 0 Å². The number of benzene rings is 2. The summed E-state index contributed by atoms with van der Waals surface area (Å²) < 4.78 is 18.6. The van der Waals surface area contributed by atoms with Gasteiger partial charge in [0.25, 0.3) is 0 Å². The Kier molecular flexibility index (Phi) is 5.32. The summed E-state index contributed by atoms with van der Waals surface area (Å²) in [5.74, 6) is -2.19. The van der Waals surface area contributed by atoms with Crippen LogP contribution in [0.25, 0.3) is 0 Å². The number of halogens is 2. The van der Waals surface area contributed by atoms with Crippen LogP contribution in [0.15, 0.2) is 42.5 Å². The number of hydrogen-bond acceptors (Lipinski definition) is 4. The average Bonchev–Trinajstić information content (AvgIpc) is 3.05.